The largest absolute Gasteiger partial charge is 0.504 e. The predicted molar refractivity (Wildman–Crippen MR) is 70.4 cm³/mol. The highest BCUT2D eigenvalue weighted by Crippen LogP contribution is 2.30. The van der Waals surface area contributed by atoms with Gasteiger partial charge in [0.25, 0.3) is 10.0 Å². The number of sulfonamides is 1. The van der Waals surface area contributed by atoms with E-state index in [0.29, 0.717) is 0 Å². The van der Waals surface area contributed by atoms with Crippen molar-refractivity contribution < 1.29 is 28.8 Å². The maximum atomic E-state index is 12.0. The van der Waals surface area contributed by atoms with E-state index >= 15 is 0 Å². The first-order valence-corrected chi connectivity index (χ1v) is 6.85. The number of rotatable bonds is 3. The van der Waals surface area contributed by atoms with E-state index in [4.69, 9.17) is 10.2 Å². The average molecular weight is 297 g/mol. The van der Waals surface area contributed by atoms with Gasteiger partial charge in [-0.05, 0) is 24.3 Å². The molecular weight excluding hydrogens is 286 g/mol. The summed E-state index contributed by atoms with van der Waals surface area (Å²) in [5.74, 6) is -1.86. The zero-order valence-electron chi connectivity index (χ0n) is 9.98. The van der Waals surface area contributed by atoms with Crippen molar-refractivity contribution in [3.05, 3.63) is 36.4 Å². The monoisotopic (exact) mass is 297 g/mol. The minimum Gasteiger partial charge on any atom is -0.504 e. The molecule has 7 nitrogen and oxygen atoms in total. The van der Waals surface area contributed by atoms with Crippen molar-refractivity contribution in [2.24, 2.45) is 0 Å². The molecule has 5 N–H and O–H groups in total. The number of benzene rings is 2. The molecule has 8 heteroatoms. The molecule has 0 saturated carbocycles. The van der Waals surface area contributed by atoms with E-state index in [9.17, 15) is 18.6 Å². The number of nitrogens with one attached hydrogen (secondary N) is 1. The second-order valence-electron chi connectivity index (χ2n) is 3.96. The lowest BCUT2D eigenvalue weighted by Gasteiger charge is -2.09. The Morgan fingerprint density at radius 2 is 1.30 bits per heavy atom. The summed E-state index contributed by atoms with van der Waals surface area (Å²) >= 11 is 0. The van der Waals surface area contributed by atoms with E-state index in [1.807, 2.05) is 0 Å². The fraction of sp³-hybridized carbons (Fsp3) is 0. The molecule has 0 atom stereocenters. The van der Waals surface area contributed by atoms with Gasteiger partial charge in [-0.2, -0.15) is 0 Å². The third-order valence-corrected chi connectivity index (χ3v) is 3.86. The number of phenolic OH excluding ortho intramolecular Hbond substituents is 4. The van der Waals surface area contributed by atoms with Gasteiger partial charge in [-0.15, -0.1) is 0 Å². The van der Waals surface area contributed by atoms with Gasteiger partial charge in [0.15, 0.2) is 23.0 Å². The maximum Gasteiger partial charge on any atom is 0.262 e. The topological polar surface area (TPSA) is 127 Å². The number of anilines is 1. The number of aromatic hydroxyl groups is 4. The molecule has 0 radical (unpaired) electrons. The highest BCUT2D eigenvalue weighted by molar-refractivity contribution is 7.92. The van der Waals surface area contributed by atoms with Crippen molar-refractivity contribution in [2.45, 2.75) is 4.90 Å². The first kappa shape index (κ1) is 13.8. The van der Waals surface area contributed by atoms with Gasteiger partial charge in [-0.3, -0.25) is 4.72 Å². The van der Waals surface area contributed by atoms with Gasteiger partial charge >= 0.3 is 0 Å². The number of hydrogen-bond donors (Lipinski definition) is 5. The third-order valence-electron chi connectivity index (χ3n) is 2.48. The number of hydrogen-bond acceptors (Lipinski definition) is 6. The van der Waals surface area contributed by atoms with Gasteiger partial charge in [0.1, 0.15) is 0 Å². The zero-order valence-corrected chi connectivity index (χ0v) is 10.8. The summed E-state index contributed by atoms with van der Waals surface area (Å²) in [5, 5.41) is 36.9. The minimum atomic E-state index is -4.00. The summed E-state index contributed by atoms with van der Waals surface area (Å²) in [6.45, 7) is 0. The molecule has 0 aliphatic carbocycles. The lowest BCUT2D eigenvalue weighted by molar-refractivity contribution is 0.402. The summed E-state index contributed by atoms with van der Waals surface area (Å²) in [5.41, 5.74) is 0.0351. The van der Waals surface area contributed by atoms with E-state index in [-0.39, 0.29) is 16.3 Å². The van der Waals surface area contributed by atoms with Gasteiger partial charge in [-0.1, -0.05) is 0 Å². The van der Waals surface area contributed by atoms with Crippen LogP contribution in [0.15, 0.2) is 41.3 Å². The Kier molecular flexibility index (Phi) is 3.33. The summed E-state index contributed by atoms with van der Waals surface area (Å²) in [4.78, 5) is -0.264. The highest BCUT2D eigenvalue weighted by Gasteiger charge is 2.16. The van der Waals surface area contributed by atoms with Crippen LogP contribution in [0.1, 0.15) is 0 Å². The third kappa shape index (κ3) is 2.69. The Hall–Kier alpha value is -2.61. The second-order valence-corrected chi connectivity index (χ2v) is 5.64. The van der Waals surface area contributed by atoms with E-state index < -0.39 is 27.3 Å². The second kappa shape index (κ2) is 4.82. The van der Waals surface area contributed by atoms with Crippen LogP contribution >= 0.6 is 0 Å². The zero-order chi connectivity index (χ0) is 14.9. The van der Waals surface area contributed by atoms with Crippen molar-refractivity contribution in [1.29, 1.82) is 0 Å². The molecule has 0 unspecified atom stereocenters. The molecule has 0 spiro atoms. The molecule has 0 aromatic heterocycles. The molecule has 2 aromatic carbocycles. The molecule has 106 valence electrons. The average Bonchev–Trinajstić information content (AvgIpc) is 2.37. The van der Waals surface area contributed by atoms with Gasteiger partial charge in [0.05, 0.1) is 10.6 Å². The normalized spacial score (nSPS) is 11.2. The Bertz CT molecular complexity index is 757. The lowest BCUT2D eigenvalue weighted by atomic mass is 10.3. The minimum absolute atomic E-state index is 0.0351. The Morgan fingerprint density at radius 1 is 0.750 bits per heavy atom. The van der Waals surface area contributed by atoms with Gasteiger partial charge in [0, 0.05) is 12.1 Å². The quantitative estimate of drug-likeness (QED) is 0.429. The SMILES string of the molecule is O=S(=O)(Nc1ccc(O)c(O)c1)c1ccc(O)c(O)c1. The smallest absolute Gasteiger partial charge is 0.262 e. The van der Waals surface area contributed by atoms with E-state index in [1.165, 1.54) is 6.07 Å². The van der Waals surface area contributed by atoms with Crippen molar-refractivity contribution in [3.8, 4) is 23.0 Å². The standard InChI is InChI=1S/C12H11NO6S/c14-9-3-1-7(5-11(9)16)13-20(18,19)8-2-4-10(15)12(17)6-8/h1-6,13-17H. The van der Waals surface area contributed by atoms with Crippen LogP contribution in [-0.4, -0.2) is 28.8 Å². The molecular formula is C12H11NO6S. The van der Waals surface area contributed by atoms with E-state index in [2.05, 4.69) is 4.72 Å². The van der Waals surface area contributed by atoms with Crippen LogP contribution in [0.3, 0.4) is 0 Å². The first-order chi connectivity index (χ1) is 9.29. The van der Waals surface area contributed by atoms with Crippen LogP contribution in [0.5, 0.6) is 23.0 Å². The van der Waals surface area contributed by atoms with Crippen molar-refractivity contribution in [2.75, 3.05) is 4.72 Å². The molecule has 0 aliphatic heterocycles. The molecule has 0 aliphatic rings. The van der Waals surface area contributed by atoms with Crippen LogP contribution in [-0.2, 0) is 10.0 Å². The Morgan fingerprint density at radius 3 is 1.85 bits per heavy atom. The highest BCUT2D eigenvalue weighted by atomic mass is 32.2. The van der Waals surface area contributed by atoms with Crippen molar-refractivity contribution in [1.82, 2.24) is 0 Å². The predicted octanol–water partition coefficient (Wildman–Crippen LogP) is 1.31. The molecule has 0 fully saturated rings. The summed E-state index contributed by atoms with van der Waals surface area (Å²) in [6.07, 6.45) is 0. The fourth-order valence-corrected chi connectivity index (χ4v) is 2.54. The molecule has 2 aromatic rings. The first-order valence-electron chi connectivity index (χ1n) is 5.36. The lowest BCUT2D eigenvalue weighted by Crippen LogP contribution is -2.12. The molecule has 0 heterocycles. The van der Waals surface area contributed by atoms with Crippen LogP contribution in [0.2, 0.25) is 0 Å². The van der Waals surface area contributed by atoms with Crippen LogP contribution in [0, 0.1) is 0 Å². The van der Waals surface area contributed by atoms with Crippen LogP contribution < -0.4 is 4.72 Å². The Balaban J connectivity index is 2.35. The van der Waals surface area contributed by atoms with Gasteiger partial charge < -0.3 is 20.4 Å². The van der Waals surface area contributed by atoms with Crippen LogP contribution in [0.25, 0.3) is 0 Å². The maximum absolute atomic E-state index is 12.0. The molecule has 0 amide bonds. The molecule has 20 heavy (non-hydrogen) atoms. The Labute approximate surface area is 114 Å². The van der Waals surface area contributed by atoms with E-state index in [1.54, 1.807) is 0 Å². The van der Waals surface area contributed by atoms with Crippen molar-refractivity contribution >= 4 is 15.7 Å². The fourth-order valence-electron chi connectivity index (χ4n) is 1.47. The number of phenols is 4. The van der Waals surface area contributed by atoms with Gasteiger partial charge in [0.2, 0.25) is 0 Å². The summed E-state index contributed by atoms with van der Waals surface area (Å²) in [7, 11) is -4.00. The van der Waals surface area contributed by atoms with Crippen molar-refractivity contribution in [3.63, 3.8) is 0 Å². The van der Waals surface area contributed by atoms with E-state index in [0.717, 1.165) is 30.3 Å². The molecule has 2 rings (SSSR count). The summed E-state index contributed by atoms with van der Waals surface area (Å²) < 4.78 is 26.2. The van der Waals surface area contributed by atoms with Crippen LogP contribution in [0.4, 0.5) is 5.69 Å². The summed E-state index contributed by atoms with van der Waals surface area (Å²) in [6, 6.07) is 6.45. The van der Waals surface area contributed by atoms with Gasteiger partial charge in [-0.25, -0.2) is 8.42 Å². The molecule has 0 bridgehead atoms. The molecule has 0 saturated heterocycles.